The van der Waals surface area contributed by atoms with Crippen molar-refractivity contribution in [3.8, 4) is 0 Å². The third-order valence-corrected chi connectivity index (χ3v) is 5.02. The van der Waals surface area contributed by atoms with Crippen LogP contribution >= 0.6 is 0 Å². The number of carbonyl (C=O) groups excluding carboxylic acids is 1. The van der Waals surface area contributed by atoms with Crippen LogP contribution in [0.5, 0.6) is 0 Å². The Morgan fingerprint density at radius 1 is 1.24 bits per heavy atom. The van der Waals surface area contributed by atoms with Gasteiger partial charge in [-0.2, -0.15) is 0 Å². The molecule has 0 atom stereocenters. The largest absolute Gasteiger partial charge is 0.350 e. The van der Waals surface area contributed by atoms with Crippen LogP contribution in [0.25, 0.3) is 0 Å². The fraction of sp³-hybridized carbons (Fsp3) is 0.941. The standard InChI is InChI=1S/C17H35N3O/c1-5-12-20(13-15(21)19-16(3,4)6-2)17(14-18)10-8-7-9-11-17/h5-14,18H2,1-4H3,(H,19,21). The van der Waals surface area contributed by atoms with Crippen molar-refractivity contribution in [1.29, 1.82) is 0 Å². The fourth-order valence-electron chi connectivity index (χ4n) is 3.29. The SMILES string of the molecule is CCCN(CC(=O)NC(C)(C)CC)C1(CN)CCCCC1. The summed E-state index contributed by atoms with van der Waals surface area (Å²) in [6.07, 6.45) is 8.04. The Morgan fingerprint density at radius 2 is 1.86 bits per heavy atom. The highest BCUT2D eigenvalue weighted by Gasteiger charge is 2.37. The number of hydrogen-bond donors (Lipinski definition) is 2. The van der Waals surface area contributed by atoms with Gasteiger partial charge in [0.2, 0.25) is 5.91 Å². The Kier molecular flexibility index (Phi) is 7.14. The average molecular weight is 297 g/mol. The van der Waals surface area contributed by atoms with Crippen molar-refractivity contribution in [3.05, 3.63) is 0 Å². The highest BCUT2D eigenvalue weighted by molar-refractivity contribution is 5.78. The molecule has 4 nitrogen and oxygen atoms in total. The van der Waals surface area contributed by atoms with Crippen LogP contribution in [0.3, 0.4) is 0 Å². The number of nitrogens with zero attached hydrogens (tertiary/aromatic N) is 1. The molecule has 0 aromatic rings. The fourth-order valence-corrected chi connectivity index (χ4v) is 3.29. The summed E-state index contributed by atoms with van der Waals surface area (Å²) in [6, 6.07) is 0. The predicted molar refractivity (Wildman–Crippen MR) is 89.2 cm³/mol. The maximum absolute atomic E-state index is 12.4. The highest BCUT2D eigenvalue weighted by atomic mass is 16.2. The predicted octanol–water partition coefficient (Wildman–Crippen LogP) is 2.66. The van der Waals surface area contributed by atoms with Crippen LogP contribution in [-0.2, 0) is 4.79 Å². The molecule has 0 aliphatic heterocycles. The number of carbonyl (C=O) groups is 1. The molecule has 0 aromatic carbocycles. The molecule has 0 radical (unpaired) electrons. The zero-order valence-corrected chi connectivity index (χ0v) is 14.5. The summed E-state index contributed by atoms with van der Waals surface area (Å²) in [5.41, 5.74) is 6.04. The van der Waals surface area contributed by atoms with Crippen LogP contribution in [0.2, 0.25) is 0 Å². The van der Waals surface area contributed by atoms with E-state index in [0.29, 0.717) is 13.1 Å². The summed E-state index contributed by atoms with van der Waals surface area (Å²) < 4.78 is 0. The third-order valence-electron chi connectivity index (χ3n) is 5.02. The summed E-state index contributed by atoms with van der Waals surface area (Å²) >= 11 is 0. The van der Waals surface area contributed by atoms with Crippen LogP contribution < -0.4 is 11.1 Å². The Morgan fingerprint density at radius 3 is 2.33 bits per heavy atom. The quantitative estimate of drug-likeness (QED) is 0.724. The van der Waals surface area contributed by atoms with Crippen molar-refractivity contribution in [3.63, 3.8) is 0 Å². The molecule has 1 rings (SSSR count). The minimum atomic E-state index is -0.128. The molecule has 124 valence electrons. The molecule has 0 unspecified atom stereocenters. The molecule has 0 spiro atoms. The Hall–Kier alpha value is -0.610. The smallest absolute Gasteiger partial charge is 0.234 e. The van der Waals surface area contributed by atoms with E-state index >= 15 is 0 Å². The second kappa shape index (κ2) is 8.14. The van der Waals surface area contributed by atoms with Gasteiger partial charge in [-0.25, -0.2) is 0 Å². The van der Waals surface area contributed by atoms with Gasteiger partial charge in [0.15, 0.2) is 0 Å². The van der Waals surface area contributed by atoms with Gasteiger partial charge in [-0.3, -0.25) is 9.69 Å². The van der Waals surface area contributed by atoms with E-state index in [-0.39, 0.29) is 17.0 Å². The van der Waals surface area contributed by atoms with E-state index in [2.05, 4.69) is 37.9 Å². The van der Waals surface area contributed by atoms with Gasteiger partial charge in [0.25, 0.3) is 0 Å². The zero-order valence-electron chi connectivity index (χ0n) is 14.5. The molecule has 1 amide bonds. The average Bonchev–Trinajstić information content (AvgIpc) is 2.47. The lowest BCUT2D eigenvalue weighted by Crippen LogP contribution is -2.58. The molecular formula is C17H35N3O. The molecule has 0 saturated heterocycles. The van der Waals surface area contributed by atoms with Crippen molar-refractivity contribution in [1.82, 2.24) is 10.2 Å². The van der Waals surface area contributed by atoms with Crippen LogP contribution in [0.1, 0.15) is 72.6 Å². The second-order valence-electron chi connectivity index (χ2n) is 7.20. The lowest BCUT2D eigenvalue weighted by molar-refractivity contribution is -0.126. The van der Waals surface area contributed by atoms with E-state index in [1.54, 1.807) is 0 Å². The summed E-state index contributed by atoms with van der Waals surface area (Å²) in [7, 11) is 0. The Labute approximate surface area is 130 Å². The number of rotatable bonds is 8. The minimum absolute atomic E-state index is 0.0436. The van der Waals surface area contributed by atoms with E-state index in [9.17, 15) is 4.79 Å². The third kappa shape index (κ3) is 5.26. The summed E-state index contributed by atoms with van der Waals surface area (Å²) in [5, 5.41) is 3.15. The van der Waals surface area contributed by atoms with Gasteiger partial charge in [0.1, 0.15) is 0 Å². The van der Waals surface area contributed by atoms with E-state index in [4.69, 9.17) is 5.73 Å². The van der Waals surface area contributed by atoms with E-state index in [1.807, 2.05) is 0 Å². The van der Waals surface area contributed by atoms with Crippen LogP contribution in [-0.4, -0.2) is 41.5 Å². The van der Waals surface area contributed by atoms with Gasteiger partial charge in [0, 0.05) is 17.6 Å². The van der Waals surface area contributed by atoms with Gasteiger partial charge < -0.3 is 11.1 Å². The molecule has 0 heterocycles. The van der Waals surface area contributed by atoms with Crippen molar-refractivity contribution in [2.45, 2.75) is 83.7 Å². The first-order valence-corrected chi connectivity index (χ1v) is 8.65. The first kappa shape index (κ1) is 18.4. The van der Waals surface area contributed by atoms with Gasteiger partial charge in [-0.15, -0.1) is 0 Å². The molecule has 1 aliphatic rings. The van der Waals surface area contributed by atoms with Gasteiger partial charge in [-0.1, -0.05) is 33.1 Å². The summed E-state index contributed by atoms with van der Waals surface area (Å²) in [4.78, 5) is 14.8. The Balaban J connectivity index is 2.74. The molecule has 4 heteroatoms. The minimum Gasteiger partial charge on any atom is -0.350 e. The molecule has 0 bridgehead atoms. The summed E-state index contributed by atoms with van der Waals surface area (Å²) in [6.45, 7) is 10.5. The summed E-state index contributed by atoms with van der Waals surface area (Å²) in [5.74, 6) is 0.133. The number of nitrogens with one attached hydrogen (secondary N) is 1. The molecule has 1 aliphatic carbocycles. The lowest BCUT2D eigenvalue weighted by atomic mass is 9.80. The molecular weight excluding hydrogens is 262 g/mol. The van der Waals surface area contributed by atoms with Gasteiger partial charge in [-0.05, 0) is 46.1 Å². The van der Waals surface area contributed by atoms with E-state index in [0.717, 1.165) is 32.2 Å². The van der Waals surface area contributed by atoms with Crippen LogP contribution in [0.15, 0.2) is 0 Å². The molecule has 0 aromatic heterocycles. The number of nitrogens with two attached hydrogens (primary N) is 1. The van der Waals surface area contributed by atoms with Gasteiger partial charge >= 0.3 is 0 Å². The van der Waals surface area contributed by atoms with Crippen molar-refractivity contribution in [2.24, 2.45) is 5.73 Å². The van der Waals surface area contributed by atoms with Gasteiger partial charge in [0.05, 0.1) is 6.54 Å². The maximum atomic E-state index is 12.4. The Bertz CT molecular complexity index is 322. The zero-order chi connectivity index (χ0) is 15.9. The second-order valence-corrected chi connectivity index (χ2v) is 7.20. The topological polar surface area (TPSA) is 58.4 Å². The molecule has 3 N–H and O–H groups in total. The van der Waals surface area contributed by atoms with E-state index < -0.39 is 0 Å². The number of amides is 1. The van der Waals surface area contributed by atoms with Crippen molar-refractivity contribution in [2.75, 3.05) is 19.6 Å². The van der Waals surface area contributed by atoms with Crippen LogP contribution in [0.4, 0.5) is 0 Å². The van der Waals surface area contributed by atoms with Crippen LogP contribution in [0, 0.1) is 0 Å². The van der Waals surface area contributed by atoms with Crippen molar-refractivity contribution < 1.29 is 4.79 Å². The normalized spacial score (nSPS) is 18.8. The van der Waals surface area contributed by atoms with Crippen molar-refractivity contribution >= 4 is 5.91 Å². The first-order chi connectivity index (χ1) is 9.89. The monoisotopic (exact) mass is 297 g/mol. The molecule has 1 fully saturated rings. The number of hydrogen-bond acceptors (Lipinski definition) is 3. The highest BCUT2D eigenvalue weighted by Crippen LogP contribution is 2.33. The van der Waals surface area contributed by atoms with E-state index in [1.165, 1.54) is 19.3 Å². The maximum Gasteiger partial charge on any atom is 0.234 e. The first-order valence-electron chi connectivity index (χ1n) is 8.65. The molecule has 1 saturated carbocycles. The lowest BCUT2D eigenvalue weighted by Gasteiger charge is -2.46. The molecule has 21 heavy (non-hydrogen) atoms.